The molecule has 8 nitrogen and oxygen atoms in total. The molecule has 1 heterocycles. The van der Waals surface area contributed by atoms with E-state index in [0.717, 1.165) is 72.2 Å². The lowest BCUT2D eigenvalue weighted by molar-refractivity contribution is -0.124. The number of nitrogens with one attached hydrogen (secondary N) is 1. The minimum Gasteiger partial charge on any atom is -0.497 e. The molecule has 1 aromatic heterocycles. The number of allylic oxidation sites excluding steroid dienone is 4. The average molecular weight is 643 g/mol. The second kappa shape index (κ2) is 15.9. The van der Waals surface area contributed by atoms with Crippen molar-refractivity contribution in [3.05, 3.63) is 72.3 Å². The number of nitrogens with zero attached hydrogens (tertiary/aromatic N) is 3. The molecule has 3 aliphatic rings. The number of anilines is 1. The first-order valence-electron chi connectivity index (χ1n) is 17.6. The number of ether oxygens (including phenoxy) is 2. The molecule has 0 unspecified atom stereocenters. The maximum Gasteiger partial charge on any atom is 0.407 e. The molecule has 0 atom stereocenters. The highest BCUT2D eigenvalue weighted by molar-refractivity contribution is 5.95. The molecule has 47 heavy (non-hydrogen) atoms. The van der Waals surface area contributed by atoms with Gasteiger partial charge in [-0.2, -0.15) is 5.10 Å². The van der Waals surface area contributed by atoms with Crippen LogP contribution in [-0.2, 0) is 14.3 Å². The van der Waals surface area contributed by atoms with Gasteiger partial charge in [0.2, 0.25) is 5.91 Å². The maximum atomic E-state index is 14.4. The highest BCUT2D eigenvalue weighted by atomic mass is 16.6. The van der Waals surface area contributed by atoms with E-state index in [0.29, 0.717) is 37.3 Å². The molecular formula is C39H54N4O4. The molecule has 8 heteroatoms. The molecule has 2 aromatic rings. The van der Waals surface area contributed by atoms with E-state index < -0.39 is 0 Å². The number of methoxy groups -OCH3 is 1. The summed E-state index contributed by atoms with van der Waals surface area (Å²) < 4.78 is 13.2. The van der Waals surface area contributed by atoms with Crippen LogP contribution in [-0.4, -0.2) is 47.6 Å². The topological polar surface area (TPSA) is 85.7 Å². The number of carbonyl (C=O) groups excluding carboxylic acids is 2. The number of hydrogen-bond donors (Lipinski definition) is 1. The summed E-state index contributed by atoms with van der Waals surface area (Å²) in [6.07, 6.45) is 17.2. The summed E-state index contributed by atoms with van der Waals surface area (Å²) in [5.41, 5.74) is 5.40. The fraction of sp³-hybridized carbons (Fsp3) is 0.564. The van der Waals surface area contributed by atoms with Gasteiger partial charge in [0.1, 0.15) is 11.9 Å². The van der Waals surface area contributed by atoms with Gasteiger partial charge in [-0.1, -0.05) is 30.4 Å². The molecule has 254 valence electrons. The number of benzene rings is 1. The molecule has 0 aliphatic heterocycles. The number of rotatable bonds is 12. The van der Waals surface area contributed by atoms with Crippen LogP contribution in [0.1, 0.15) is 97.9 Å². The van der Waals surface area contributed by atoms with Gasteiger partial charge < -0.3 is 19.7 Å². The molecule has 1 aromatic carbocycles. The van der Waals surface area contributed by atoms with E-state index in [4.69, 9.17) is 9.47 Å². The van der Waals surface area contributed by atoms with Crippen LogP contribution in [0.3, 0.4) is 0 Å². The van der Waals surface area contributed by atoms with Crippen molar-refractivity contribution in [1.29, 1.82) is 0 Å². The number of hydrogen-bond acceptors (Lipinski definition) is 5. The van der Waals surface area contributed by atoms with Crippen LogP contribution in [0.5, 0.6) is 0 Å². The molecule has 0 saturated heterocycles. The quantitative estimate of drug-likeness (QED) is 0.185. The summed E-state index contributed by atoms with van der Waals surface area (Å²) in [5.74, 6) is 1.84. The number of alkyl carbamates (subject to hydrolysis) is 1. The van der Waals surface area contributed by atoms with Gasteiger partial charge in [-0.15, -0.1) is 0 Å². The fourth-order valence-corrected chi connectivity index (χ4v) is 7.00. The molecule has 5 rings (SSSR count). The molecule has 0 spiro atoms. The van der Waals surface area contributed by atoms with E-state index in [1.807, 2.05) is 40.0 Å². The Morgan fingerprint density at radius 3 is 2.34 bits per heavy atom. The molecule has 2 amide bonds. The summed E-state index contributed by atoms with van der Waals surface area (Å²) in [6, 6.07) is 8.96. The Hall–Kier alpha value is -3.81. The first-order chi connectivity index (χ1) is 22.6. The summed E-state index contributed by atoms with van der Waals surface area (Å²) >= 11 is 0. The van der Waals surface area contributed by atoms with Gasteiger partial charge in [-0.05, 0) is 133 Å². The predicted molar refractivity (Wildman–Crippen MR) is 188 cm³/mol. The van der Waals surface area contributed by atoms with Crippen LogP contribution < -0.4 is 10.2 Å². The third kappa shape index (κ3) is 9.39. The Morgan fingerprint density at radius 1 is 1.00 bits per heavy atom. The fourth-order valence-electron chi connectivity index (χ4n) is 7.00. The van der Waals surface area contributed by atoms with E-state index in [-0.39, 0.29) is 30.1 Å². The van der Waals surface area contributed by atoms with Crippen LogP contribution in [0, 0.1) is 17.8 Å². The van der Waals surface area contributed by atoms with E-state index in [2.05, 4.69) is 63.1 Å². The molecule has 1 N–H and O–H groups in total. The molecule has 3 aliphatic carbocycles. The Labute approximate surface area is 281 Å². The van der Waals surface area contributed by atoms with Gasteiger partial charge in [0.25, 0.3) is 0 Å². The van der Waals surface area contributed by atoms with Crippen LogP contribution in [0.15, 0.2) is 72.3 Å². The van der Waals surface area contributed by atoms with Crippen molar-refractivity contribution >= 4 is 17.7 Å². The number of amides is 2. The second-order valence-corrected chi connectivity index (χ2v) is 14.3. The normalized spacial score (nSPS) is 22.9. The first kappa shape index (κ1) is 34.5. The van der Waals surface area contributed by atoms with Crippen molar-refractivity contribution in [3.8, 4) is 11.1 Å². The smallest absolute Gasteiger partial charge is 0.407 e. The summed E-state index contributed by atoms with van der Waals surface area (Å²) in [5, 5.41) is 7.42. The third-order valence-corrected chi connectivity index (χ3v) is 9.96. The summed E-state index contributed by atoms with van der Waals surface area (Å²) in [6.45, 7) is 13.0. The highest BCUT2D eigenvalue weighted by Crippen LogP contribution is 2.38. The van der Waals surface area contributed by atoms with Crippen LogP contribution in [0.25, 0.3) is 11.1 Å². The van der Waals surface area contributed by atoms with Gasteiger partial charge in [0.15, 0.2) is 0 Å². The first-order valence-corrected chi connectivity index (χ1v) is 17.6. The lowest BCUT2D eigenvalue weighted by Gasteiger charge is -2.36. The minimum atomic E-state index is -0.372. The van der Waals surface area contributed by atoms with Gasteiger partial charge in [-0.25, -0.2) is 4.79 Å². The molecule has 3 saturated carbocycles. The second-order valence-electron chi connectivity index (χ2n) is 14.3. The zero-order chi connectivity index (χ0) is 33.5. The Balaban J connectivity index is 1.27. The van der Waals surface area contributed by atoms with Crippen molar-refractivity contribution < 1.29 is 19.1 Å². The highest BCUT2D eigenvalue weighted by Gasteiger charge is 2.34. The lowest BCUT2D eigenvalue weighted by Crippen LogP contribution is -2.42. The van der Waals surface area contributed by atoms with Crippen molar-refractivity contribution in [3.63, 3.8) is 0 Å². The number of aromatic nitrogens is 2. The zero-order valence-corrected chi connectivity index (χ0v) is 29.0. The largest absolute Gasteiger partial charge is 0.497 e. The van der Waals surface area contributed by atoms with E-state index in [1.54, 1.807) is 7.11 Å². The molecule has 3 fully saturated rings. The van der Waals surface area contributed by atoms with E-state index in [9.17, 15) is 9.59 Å². The average Bonchev–Trinajstić information content (AvgIpc) is 3.79. The van der Waals surface area contributed by atoms with Crippen molar-refractivity contribution in [2.75, 3.05) is 18.6 Å². The molecule has 0 radical (unpaired) electrons. The predicted octanol–water partition coefficient (Wildman–Crippen LogP) is 8.77. The monoisotopic (exact) mass is 642 g/mol. The SMILES string of the molecule is C=C(/C=C\C(OC)=C(C)C)[C@H]1CC[C@H](CN(c2cccc(-c3cnn(C4CC4)c3)c2)C(=O)[C@H]2CC[C@H](OC(=O)NC(C)C)CC2)CC1. The van der Waals surface area contributed by atoms with E-state index in [1.165, 1.54) is 12.8 Å². The van der Waals surface area contributed by atoms with Crippen molar-refractivity contribution in [1.82, 2.24) is 15.1 Å². The van der Waals surface area contributed by atoms with E-state index >= 15 is 0 Å². The number of carbonyl (C=O) groups is 2. The maximum absolute atomic E-state index is 14.4. The van der Waals surface area contributed by atoms with Crippen LogP contribution in [0.2, 0.25) is 0 Å². The van der Waals surface area contributed by atoms with Crippen LogP contribution in [0.4, 0.5) is 10.5 Å². The zero-order valence-electron chi connectivity index (χ0n) is 29.0. The Morgan fingerprint density at radius 2 is 1.70 bits per heavy atom. The minimum absolute atomic E-state index is 0.0309. The van der Waals surface area contributed by atoms with Crippen molar-refractivity contribution in [2.24, 2.45) is 17.8 Å². The molecule has 0 bridgehead atoms. The summed E-state index contributed by atoms with van der Waals surface area (Å²) in [7, 11) is 1.70. The van der Waals surface area contributed by atoms with Gasteiger partial charge in [0, 0.05) is 36.0 Å². The lowest BCUT2D eigenvalue weighted by atomic mass is 9.78. The standard InChI is InChI=1S/C39H54N4O4/c1-26(2)37(46-6)21-10-28(5)30-13-11-29(12-14-30)24-42(38(44)31-15-19-36(20-16-31)47-39(45)41-27(3)4)35-9-7-8-32(22-35)33-23-40-43(25-33)34-17-18-34/h7-10,21-23,25,27,29-31,34,36H,5,11-20,24H2,1-4,6H3,(H,41,45)/b21-10-/t29-,30-,31-,36-. The molecular weight excluding hydrogens is 588 g/mol. The Kier molecular flexibility index (Phi) is 11.6. The Bertz CT molecular complexity index is 1450. The van der Waals surface area contributed by atoms with Crippen LogP contribution >= 0.6 is 0 Å². The van der Waals surface area contributed by atoms with Crippen molar-refractivity contribution in [2.45, 2.75) is 110 Å². The third-order valence-electron chi connectivity index (χ3n) is 9.96. The van der Waals surface area contributed by atoms with Gasteiger partial charge in [-0.3, -0.25) is 9.48 Å². The van der Waals surface area contributed by atoms with Gasteiger partial charge >= 0.3 is 6.09 Å². The summed E-state index contributed by atoms with van der Waals surface area (Å²) in [4.78, 5) is 28.6. The van der Waals surface area contributed by atoms with Gasteiger partial charge in [0.05, 0.1) is 19.3 Å².